The minimum atomic E-state index is -1.08. The third-order valence-corrected chi connectivity index (χ3v) is 5.95. The fourth-order valence-electron chi connectivity index (χ4n) is 3.73. The Labute approximate surface area is 214 Å². The summed E-state index contributed by atoms with van der Waals surface area (Å²) in [6, 6.07) is 11.6. The smallest absolute Gasteiger partial charge is 0.408 e. The lowest BCUT2D eigenvalue weighted by Gasteiger charge is -2.44. The van der Waals surface area contributed by atoms with Crippen LogP contribution in [0.4, 0.5) is 10.5 Å². The van der Waals surface area contributed by atoms with Crippen molar-refractivity contribution < 1.29 is 24.2 Å². The average molecular weight is 498 g/mol. The zero-order valence-corrected chi connectivity index (χ0v) is 22.5. The summed E-state index contributed by atoms with van der Waals surface area (Å²) in [6.07, 6.45) is -0.193. The molecule has 196 valence electrons. The summed E-state index contributed by atoms with van der Waals surface area (Å²) in [4.78, 5) is 41.6. The number of amides is 3. The van der Waals surface area contributed by atoms with Gasteiger partial charge in [-0.3, -0.25) is 9.59 Å². The Morgan fingerprint density at radius 1 is 1.03 bits per heavy atom. The van der Waals surface area contributed by atoms with Crippen molar-refractivity contribution in [3.05, 3.63) is 59.7 Å². The van der Waals surface area contributed by atoms with Crippen molar-refractivity contribution in [2.45, 2.75) is 85.0 Å². The van der Waals surface area contributed by atoms with E-state index in [1.807, 2.05) is 45.9 Å². The molecule has 0 heterocycles. The molecule has 0 radical (unpaired) electrons. The van der Waals surface area contributed by atoms with Gasteiger partial charge in [-0.15, -0.1) is 0 Å². The predicted octanol–water partition coefficient (Wildman–Crippen LogP) is 5.31. The molecular formula is C28H39N3O5. The molecule has 2 aromatic carbocycles. The molecule has 0 aromatic heterocycles. The van der Waals surface area contributed by atoms with Crippen LogP contribution in [0.2, 0.25) is 0 Å². The van der Waals surface area contributed by atoms with Crippen molar-refractivity contribution in [1.29, 1.82) is 0 Å². The van der Waals surface area contributed by atoms with E-state index < -0.39 is 41.1 Å². The van der Waals surface area contributed by atoms with Gasteiger partial charge in [0.2, 0.25) is 5.91 Å². The number of anilines is 1. The molecule has 3 amide bonds. The summed E-state index contributed by atoms with van der Waals surface area (Å²) in [6.45, 7) is 14.3. The van der Waals surface area contributed by atoms with Gasteiger partial charge in [0.25, 0.3) is 5.91 Å². The van der Waals surface area contributed by atoms with E-state index in [0.29, 0.717) is 17.7 Å². The molecule has 3 N–H and O–H groups in total. The van der Waals surface area contributed by atoms with Crippen LogP contribution in [-0.4, -0.2) is 45.1 Å². The van der Waals surface area contributed by atoms with E-state index in [9.17, 15) is 19.5 Å². The fraction of sp³-hybridized carbons (Fsp3) is 0.464. The SMILES string of the molecule is CCC(C)(C)N(C(=O)C(C)NC(=O)OC(C)(C)C)C(C(=O)Nc1ccccc1C)c1cccc(O)c1. The minimum Gasteiger partial charge on any atom is -0.508 e. The second-order valence-electron chi connectivity index (χ2n) is 10.5. The van der Waals surface area contributed by atoms with E-state index in [-0.39, 0.29) is 5.75 Å². The van der Waals surface area contributed by atoms with Crippen LogP contribution in [0, 0.1) is 6.92 Å². The molecule has 0 spiro atoms. The lowest BCUT2D eigenvalue weighted by Crippen LogP contribution is -2.58. The fourth-order valence-corrected chi connectivity index (χ4v) is 3.73. The van der Waals surface area contributed by atoms with Crippen LogP contribution in [0.15, 0.2) is 48.5 Å². The Kier molecular flexibility index (Phi) is 9.13. The number of nitrogens with zero attached hydrogens (tertiary/aromatic N) is 1. The molecule has 0 bridgehead atoms. The van der Waals surface area contributed by atoms with Gasteiger partial charge in [-0.2, -0.15) is 0 Å². The molecule has 0 aliphatic heterocycles. The van der Waals surface area contributed by atoms with Gasteiger partial charge in [0, 0.05) is 11.2 Å². The number of hydrogen-bond donors (Lipinski definition) is 3. The summed E-state index contributed by atoms with van der Waals surface area (Å²) in [7, 11) is 0. The van der Waals surface area contributed by atoms with Crippen molar-refractivity contribution >= 4 is 23.6 Å². The highest BCUT2D eigenvalue weighted by molar-refractivity contribution is 5.99. The zero-order valence-electron chi connectivity index (χ0n) is 22.5. The van der Waals surface area contributed by atoms with Gasteiger partial charge in [0.15, 0.2) is 0 Å². The molecular weight excluding hydrogens is 458 g/mol. The number of carbonyl (C=O) groups excluding carboxylic acids is 3. The first-order valence-electron chi connectivity index (χ1n) is 12.1. The third-order valence-electron chi connectivity index (χ3n) is 5.95. The standard InChI is InChI=1S/C28H39N3O5/c1-9-28(7,8)31(25(34)19(3)29-26(35)36-27(4,5)6)23(20-14-12-15-21(32)17-20)24(33)30-22-16-11-10-13-18(22)2/h10-17,19,23,32H,9H2,1-8H3,(H,29,35)(H,30,33). The van der Waals surface area contributed by atoms with Crippen LogP contribution in [-0.2, 0) is 14.3 Å². The largest absolute Gasteiger partial charge is 0.508 e. The van der Waals surface area contributed by atoms with Gasteiger partial charge in [0.05, 0.1) is 0 Å². The number of hydrogen-bond acceptors (Lipinski definition) is 5. The van der Waals surface area contributed by atoms with Crippen molar-refractivity contribution in [2.24, 2.45) is 0 Å². The lowest BCUT2D eigenvalue weighted by atomic mass is 9.92. The molecule has 2 rings (SSSR count). The molecule has 36 heavy (non-hydrogen) atoms. The van der Waals surface area contributed by atoms with Crippen molar-refractivity contribution in [2.75, 3.05) is 5.32 Å². The quantitative estimate of drug-likeness (QED) is 0.458. The Balaban J connectivity index is 2.54. The van der Waals surface area contributed by atoms with Crippen LogP contribution < -0.4 is 10.6 Å². The molecule has 0 aliphatic carbocycles. The number of phenols is 1. The topological polar surface area (TPSA) is 108 Å². The Bertz CT molecular complexity index is 1090. The second kappa shape index (κ2) is 11.5. The first-order chi connectivity index (χ1) is 16.7. The van der Waals surface area contributed by atoms with Gasteiger partial charge in [-0.1, -0.05) is 37.3 Å². The van der Waals surface area contributed by atoms with E-state index in [1.165, 1.54) is 17.0 Å². The predicted molar refractivity (Wildman–Crippen MR) is 141 cm³/mol. The van der Waals surface area contributed by atoms with Crippen LogP contribution in [0.3, 0.4) is 0 Å². The normalized spacial score (nSPS) is 13.3. The summed E-state index contributed by atoms with van der Waals surface area (Å²) >= 11 is 0. The highest BCUT2D eigenvalue weighted by Gasteiger charge is 2.42. The van der Waals surface area contributed by atoms with Crippen molar-refractivity contribution in [3.8, 4) is 5.75 Å². The second-order valence-corrected chi connectivity index (χ2v) is 10.5. The molecule has 8 nitrogen and oxygen atoms in total. The van der Waals surface area contributed by atoms with Crippen molar-refractivity contribution in [3.63, 3.8) is 0 Å². The number of rotatable bonds is 8. The maximum absolute atomic E-state index is 13.9. The van der Waals surface area contributed by atoms with Gasteiger partial charge in [0.1, 0.15) is 23.4 Å². The monoisotopic (exact) mass is 497 g/mol. The molecule has 0 saturated heterocycles. The number of ether oxygens (including phenoxy) is 1. The van der Waals surface area contributed by atoms with Gasteiger partial charge < -0.3 is 25.4 Å². The van der Waals surface area contributed by atoms with E-state index in [2.05, 4.69) is 10.6 Å². The lowest BCUT2D eigenvalue weighted by molar-refractivity contribution is -0.147. The molecule has 0 aliphatic rings. The summed E-state index contributed by atoms with van der Waals surface area (Å²) in [5.74, 6) is -0.918. The molecule has 2 unspecified atom stereocenters. The highest BCUT2D eigenvalue weighted by Crippen LogP contribution is 2.34. The van der Waals surface area contributed by atoms with E-state index >= 15 is 0 Å². The van der Waals surface area contributed by atoms with Crippen LogP contribution in [0.1, 0.15) is 72.1 Å². The molecule has 2 aromatic rings. The first kappa shape index (κ1) is 28.7. The Hall–Kier alpha value is -3.55. The molecule has 8 heteroatoms. The minimum absolute atomic E-state index is 0.0252. The number of para-hydroxylation sites is 1. The molecule has 0 saturated carbocycles. The maximum atomic E-state index is 13.9. The third kappa shape index (κ3) is 7.47. The van der Waals surface area contributed by atoms with Crippen LogP contribution in [0.25, 0.3) is 0 Å². The number of phenolic OH excluding ortho intramolecular Hbond substituents is 1. The number of aromatic hydroxyl groups is 1. The number of aryl methyl sites for hydroxylation is 1. The van der Waals surface area contributed by atoms with Crippen molar-refractivity contribution in [1.82, 2.24) is 10.2 Å². The number of carbonyl (C=O) groups is 3. The number of nitrogens with one attached hydrogen (secondary N) is 2. The number of benzene rings is 2. The van der Waals surface area contributed by atoms with Crippen LogP contribution >= 0.6 is 0 Å². The van der Waals surface area contributed by atoms with Gasteiger partial charge >= 0.3 is 6.09 Å². The summed E-state index contributed by atoms with van der Waals surface area (Å²) < 4.78 is 5.32. The van der Waals surface area contributed by atoms with E-state index in [1.54, 1.807) is 45.9 Å². The van der Waals surface area contributed by atoms with E-state index in [4.69, 9.17) is 4.74 Å². The first-order valence-corrected chi connectivity index (χ1v) is 12.1. The average Bonchev–Trinajstić information content (AvgIpc) is 2.76. The maximum Gasteiger partial charge on any atom is 0.408 e. The highest BCUT2D eigenvalue weighted by atomic mass is 16.6. The molecule has 2 atom stereocenters. The molecule has 0 fully saturated rings. The van der Waals surface area contributed by atoms with Gasteiger partial charge in [-0.25, -0.2) is 4.79 Å². The summed E-state index contributed by atoms with van der Waals surface area (Å²) in [5.41, 5.74) is 0.426. The number of alkyl carbamates (subject to hydrolysis) is 1. The van der Waals surface area contributed by atoms with Crippen LogP contribution in [0.5, 0.6) is 5.75 Å². The Morgan fingerprint density at radius 2 is 1.67 bits per heavy atom. The van der Waals surface area contributed by atoms with E-state index in [0.717, 1.165) is 5.56 Å². The Morgan fingerprint density at radius 3 is 2.22 bits per heavy atom. The summed E-state index contributed by atoms with van der Waals surface area (Å²) in [5, 5.41) is 15.7. The zero-order chi connectivity index (χ0) is 27.3. The van der Waals surface area contributed by atoms with Gasteiger partial charge in [-0.05, 0) is 84.2 Å².